The number of carbonyl (C=O) groups excluding carboxylic acids is 1. The molecule has 0 saturated carbocycles. The maximum absolute atomic E-state index is 12.9. The van der Waals surface area contributed by atoms with Crippen molar-refractivity contribution in [1.82, 2.24) is 5.32 Å². The molecular weight excluding hydrogens is 295 g/mol. The zero-order valence-electron chi connectivity index (χ0n) is 13.0. The van der Waals surface area contributed by atoms with Crippen LogP contribution in [0.3, 0.4) is 0 Å². The van der Waals surface area contributed by atoms with E-state index in [1.165, 1.54) is 12.1 Å². The van der Waals surface area contributed by atoms with Crippen LogP contribution in [0.1, 0.15) is 29.7 Å². The van der Waals surface area contributed by atoms with Crippen molar-refractivity contribution in [3.8, 4) is 0 Å². The van der Waals surface area contributed by atoms with E-state index < -0.39 is 0 Å². The molecule has 2 rings (SSSR count). The van der Waals surface area contributed by atoms with Gasteiger partial charge in [-0.3, -0.25) is 4.79 Å². The summed E-state index contributed by atoms with van der Waals surface area (Å²) in [5.74, 6) is -0.452. The third-order valence-electron chi connectivity index (χ3n) is 3.64. The quantitative estimate of drug-likeness (QED) is 0.825. The van der Waals surface area contributed by atoms with Crippen molar-refractivity contribution in [2.45, 2.75) is 18.6 Å². The van der Waals surface area contributed by atoms with Crippen LogP contribution in [-0.4, -0.2) is 19.6 Å². The van der Waals surface area contributed by atoms with Crippen LogP contribution in [-0.2, 0) is 9.53 Å². The Morgan fingerprint density at radius 2 is 1.78 bits per heavy atom. The van der Waals surface area contributed by atoms with Gasteiger partial charge in [-0.25, -0.2) is 4.39 Å². The predicted octanol–water partition coefficient (Wildman–Crippen LogP) is 2.72. The number of carbonyl (C=O) groups is 1. The van der Waals surface area contributed by atoms with Crippen molar-refractivity contribution in [2.24, 2.45) is 5.73 Å². The van der Waals surface area contributed by atoms with Gasteiger partial charge in [-0.2, -0.15) is 0 Å². The molecule has 0 heterocycles. The largest absolute Gasteiger partial charge is 0.375 e. The molecule has 23 heavy (non-hydrogen) atoms. The molecular formula is C18H21FN2O2. The lowest BCUT2D eigenvalue weighted by Crippen LogP contribution is -2.31. The van der Waals surface area contributed by atoms with Crippen LogP contribution < -0.4 is 11.1 Å². The summed E-state index contributed by atoms with van der Waals surface area (Å²) in [6.07, 6.45) is -0.128. The Bertz CT molecular complexity index is 617. The van der Waals surface area contributed by atoms with Gasteiger partial charge in [0.2, 0.25) is 5.91 Å². The molecule has 2 aromatic rings. The van der Waals surface area contributed by atoms with Gasteiger partial charge >= 0.3 is 0 Å². The van der Waals surface area contributed by atoms with Crippen LogP contribution in [0.5, 0.6) is 0 Å². The van der Waals surface area contributed by atoms with Gasteiger partial charge in [0.25, 0.3) is 0 Å². The zero-order valence-corrected chi connectivity index (χ0v) is 13.0. The molecule has 0 radical (unpaired) electrons. The summed E-state index contributed by atoms with van der Waals surface area (Å²) in [6, 6.07) is 15.2. The summed E-state index contributed by atoms with van der Waals surface area (Å²) in [6.45, 7) is 0.308. The van der Waals surface area contributed by atoms with Crippen LogP contribution in [0.2, 0.25) is 0 Å². The minimum Gasteiger partial charge on any atom is -0.375 e. The third kappa shape index (κ3) is 5.16. The minimum atomic E-state index is -0.344. The summed E-state index contributed by atoms with van der Waals surface area (Å²) >= 11 is 0. The topological polar surface area (TPSA) is 64.3 Å². The standard InChI is InChI=1S/C18H21FN2O2/c1-23-17(14-7-9-15(19)10-8-14)12-21-18(22)11-16(20)13-5-3-2-4-6-13/h2-10,16-17H,11-12,20H2,1H3,(H,21,22). The number of halogens is 1. The second-order valence-electron chi connectivity index (χ2n) is 5.30. The van der Waals surface area contributed by atoms with E-state index in [0.717, 1.165) is 11.1 Å². The number of rotatable bonds is 7. The van der Waals surface area contributed by atoms with Crippen LogP contribution in [0.15, 0.2) is 54.6 Å². The summed E-state index contributed by atoms with van der Waals surface area (Å²) in [5.41, 5.74) is 7.76. The molecule has 0 aliphatic heterocycles. The summed E-state index contributed by atoms with van der Waals surface area (Å²) in [5, 5.41) is 2.81. The van der Waals surface area contributed by atoms with Gasteiger partial charge in [0, 0.05) is 26.1 Å². The highest BCUT2D eigenvalue weighted by atomic mass is 19.1. The number of nitrogens with one attached hydrogen (secondary N) is 1. The molecule has 0 aliphatic rings. The Kier molecular flexibility index (Phi) is 6.26. The summed E-state index contributed by atoms with van der Waals surface area (Å²) in [7, 11) is 1.55. The SMILES string of the molecule is COC(CNC(=O)CC(N)c1ccccc1)c1ccc(F)cc1. The molecule has 0 fully saturated rings. The number of ether oxygens (including phenoxy) is 1. The Hall–Kier alpha value is -2.24. The van der Waals surface area contributed by atoms with Crippen molar-refractivity contribution < 1.29 is 13.9 Å². The van der Waals surface area contributed by atoms with E-state index in [1.807, 2.05) is 30.3 Å². The molecule has 122 valence electrons. The zero-order chi connectivity index (χ0) is 16.7. The fourth-order valence-corrected chi connectivity index (χ4v) is 2.31. The number of nitrogens with two attached hydrogens (primary N) is 1. The molecule has 0 aromatic heterocycles. The number of amides is 1. The highest BCUT2D eigenvalue weighted by molar-refractivity contribution is 5.76. The van der Waals surface area contributed by atoms with Gasteiger partial charge in [-0.1, -0.05) is 42.5 Å². The second-order valence-corrected chi connectivity index (χ2v) is 5.30. The molecule has 0 aliphatic carbocycles. The molecule has 0 bridgehead atoms. The van der Waals surface area contributed by atoms with E-state index in [4.69, 9.17) is 10.5 Å². The van der Waals surface area contributed by atoms with E-state index in [0.29, 0.717) is 6.54 Å². The maximum atomic E-state index is 12.9. The van der Waals surface area contributed by atoms with Crippen LogP contribution in [0, 0.1) is 5.82 Å². The number of hydrogen-bond acceptors (Lipinski definition) is 3. The Morgan fingerprint density at radius 1 is 1.13 bits per heavy atom. The average Bonchev–Trinajstić information content (AvgIpc) is 2.57. The smallest absolute Gasteiger partial charge is 0.222 e. The first-order chi connectivity index (χ1) is 11.1. The molecule has 2 atom stereocenters. The molecule has 2 unspecified atom stereocenters. The summed E-state index contributed by atoms with van der Waals surface area (Å²) in [4.78, 5) is 12.0. The van der Waals surface area contributed by atoms with Crippen molar-refractivity contribution >= 4 is 5.91 Å². The number of hydrogen-bond donors (Lipinski definition) is 2. The van der Waals surface area contributed by atoms with Crippen LogP contribution in [0.25, 0.3) is 0 Å². The second kappa shape index (κ2) is 8.41. The van der Waals surface area contributed by atoms with Crippen LogP contribution in [0.4, 0.5) is 4.39 Å². The highest BCUT2D eigenvalue weighted by Gasteiger charge is 2.15. The first-order valence-corrected chi connectivity index (χ1v) is 7.45. The lowest BCUT2D eigenvalue weighted by Gasteiger charge is -2.18. The van der Waals surface area contributed by atoms with E-state index in [2.05, 4.69) is 5.32 Å². The van der Waals surface area contributed by atoms with Gasteiger partial charge < -0.3 is 15.8 Å². The molecule has 3 N–H and O–H groups in total. The third-order valence-corrected chi connectivity index (χ3v) is 3.64. The van der Waals surface area contributed by atoms with E-state index >= 15 is 0 Å². The van der Waals surface area contributed by atoms with Gasteiger partial charge in [0.15, 0.2) is 0 Å². The molecule has 0 spiro atoms. The Morgan fingerprint density at radius 3 is 2.39 bits per heavy atom. The Labute approximate surface area is 135 Å². The molecule has 4 nitrogen and oxygen atoms in total. The van der Waals surface area contributed by atoms with E-state index in [1.54, 1.807) is 19.2 Å². The predicted molar refractivity (Wildman–Crippen MR) is 87.1 cm³/mol. The van der Waals surface area contributed by atoms with Crippen molar-refractivity contribution in [3.05, 3.63) is 71.5 Å². The number of benzene rings is 2. The first kappa shape index (κ1) is 17.1. The maximum Gasteiger partial charge on any atom is 0.222 e. The van der Waals surface area contributed by atoms with E-state index in [9.17, 15) is 9.18 Å². The van der Waals surface area contributed by atoms with E-state index in [-0.39, 0.29) is 30.3 Å². The summed E-state index contributed by atoms with van der Waals surface area (Å²) < 4.78 is 18.3. The Balaban J connectivity index is 1.86. The molecule has 2 aromatic carbocycles. The van der Waals surface area contributed by atoms with Crippen molar-refractivity contribution in [3.63, 3.8) is 0 Å². The van der Waals surface area contributed by atoms with Crippen molar-refractivity contribution in [2.75, 3.05) is 13.7 Å². The fraction of sp³-hybridized carbons (Fsp3) is 0.278. The molecule has 1 amide bonds. The first-order valence-electron chi connectivity index (χ1n) is 7.45. The van der Waals surface area contributed by atoms with Crippen molar-refractivity contribution in [1.29, 1.82) is 0 Å². The minimum absolute atomic E-state index is 0.148. The molecule has 0 saturated heterocycles. The van der Waals surface area contributed by atoms with Crippen LogP contribution >= 0.6 is 0 Å². The lowest BCUT2D eigenvalue weighted by molar-refractivity contribution is -0.122. The van der Waals surface area contributed by atoms with Gasteiger partial charge in [0.05, 0.1) is 6.10 Å². The lowest BCUT2D eigenvalue weighted by atomic mass is 10.0. The van der Waals surface area contributed by atoms with Gasteiger partial charge in [-0.15, -0.1) is 0 Å². The van der Waals surface area contributed by atoms with Gasteiger partial charge in [0.1, 0.15) is 5.82 Å². The average molecular weight is 316 g/mol. The monoisotopic (exact) mass is 316 g/mol. The highest BCUT2D eigenvalue weighted by Crippen LogP contribution is 2.17. The normalized spacial score (nSPS) is 13.3. The number of methoxy groups -OCH3 is 1. The molecule has 5 heteroatoms. The van der Waals surface area contributed by atoms with Gasteiger partial charge in [-0.05, 0) is 23.3 Å². The fourth-order valence-electron chi connectivity index (χ4n) is 2.31.